The Morgan fingerprint density at radius 1 is 1.10 bits per heavy atom. The van der Waals surface area contributed by atoms with Crippen LogP contribution in [0.15, 0.2) is 48.5 Å². The number of nitrogens with zero attached hydrogens (tertiary/aromatic N) is 1. The first-order chi connectivity index (χ1) is 15.0. The molecule has 2 aromatic rings. The molecule has 2 amide bonds. The first-order valence-electron chi connectivity index (χ1n) is 10.8. The largest absolute Gasteiger partial charge is 0.457 e. The van der Waals surface area contributed by atoms with Gasteiger partial charge in [0.25, 0.3) is 0 Å². The molecule has 2 saturated heterocycles. The lowest BCUT2D eigenvalue weighted by Gasteiger charge is -2.38. The molecule has 2 N–H and O–H groups in total. The number of fused-ring (bicyclic) bond motifs is 1. The first kappa shape index (κ1) is 21.3. The topological polar surface area (TPSA) is 70.7 Å². The predicted molar refractivity (Wildman–Crippen MR) is 115 cm³/mol. The van der Waals surface area contributed by atoms with E-state index >= 15 is 0 Å². The van der Waals surface area contributed by atoms with E-state index in [9.17, 15) is 14.0 Å². The molecule has 2 heterocycles. The van der Waals surface area contributed by atoms with E-state index in [0.717, 1.165) is 24.8 Å². The summed E-state index contributed by atoms with van der Waals surface area (Å²) in [7, 11) is 1.72. The maximum absolute atomic E-state index is 13.3. The molecule has 4 atom stereocenters. The van der Waals surface area contributed by atoms with Crippen LogP contribution < -0.4 is 15.4 Å². The molecule has 2 aromatic carbocycles. The van der Waals surface area contributed by atoms with Crippen molar-refractivity contribution in [3.05, 3.63) is 59.9 Å². The van der Waals surface area contributed by atoms with Crippen LogP contribution in [0.1, 0.15) is 44.2 Å². The van der Waals surface area contributed by atoms with Crippen LogP contribution in [-0.4, -0.2) is 41.9 Å². The number of likely N-dealkylation sites (N-methyl/N-ethyl adjacent to an activating group) is 1. The van der Waals surface area contributed by atoms with Crippen molar-refractivity contribution in [1.82, 2.24) is 15.5 Å². The van der Waals surface area contributed by atoms with Gasteiger partial charge in [0, 0.05) is 6.04 Å². The van der Waals surface area contributed by atoms with Gasteiger partial charge in [0.2, 0.25) is 11.8 Å². The Kier molecular flexibility index (Phi) is 6.23. The zero-order valence-corrected chi connectivity index (χ0v) is 17.8. The van der Waals surface area contributed by atoms with Crippen LogP contribution in [0.4, 0.5) is 4.39 Å². The van der Waals surface area contributed by atoms with E-state index in [1.165, 1.54) is 12.1 Å². The number of hydrogen-bond acceptors (Lipinski definition) is 4. The minimum Gasteiger partial charge on any atom is -0.457 e. The van der Waals surface area contributed by atoms with Gasteiger partial charge >= 0.3 is 0 Å². The normalized spacial score (nSPS) is 23.9. The van der Waals surface area contributed by atoms with Gasteiger partial charge in [0.1, 0.15) is 23.4 Å². The average Bonchev–Trinajstić information content (AvgIpc) is 3.22. The van der Waals surface area contributed by atoms with Crippen LogP contribution in [-0.2, 0) is 9.59 Å². The predicted octanol–water partition coefficient (Wildman–Crippen LogP) is 3.54. The molecule has 0 aliphatic carbocycles. The summed E-state index contributed by atoms with van der Waals surface area (Å²) in [6.45, 7) is 1.77. The molecule has 2 aliphatic rings. The minimum atomic E-state index is -0.487. The number of ether oxygens (including phenoxy) is 1. The second-order valence-corrected chi connectivity index (χ2v) is 8.27. The fourth-order valence-corrected chi connectivity index (χ4v) is 4.48. The summed E-state index contributed by atoms with van der Waals surface area (Å²) in [5.41, 5.74) is 1.01. The summed E-state index contributed by atoms with van der Waals surface area (Å²) >= 11 is 0. The van der Waals surface area contributed by atoms with Gasteiger partial charge in [-0.05, 0) is 81.6 Å². The Balaban J connectivity index is 1.50. The number of rotatable bonds is 6. The monoisotopic (exact) mass is 425 g/mol. The number of carbonyl (C=O) groups excluding carboxylic acids is 2. The number of piperidine rings is 1. The van der Waals surface area contributed by atoms with E-state index in [0.29, 0.717) is 17.9 Å². The lowest BCUT2D eigenvalue weighted by atomic mass is 9.97. The number of amides is 2. The smallest absolute Gasteiger partial charge is 0.245 e. The zero-order chi connectivity index (χ0) is 22.0. The summed E-state index contributed by atoms with van der Waals surface area (Å²) < 4.78 is 19.0. The van der Waals surface area contributed by atoms with E-state index in [1.54, 1.807) is 26.1 Å². The Hall–Kier alpha value is -2.93. The lowest BCUT2D eigenvalue weighted by Crippen LogP contribution is -2.56. The molecule has 0 spiro atoms. The summed E-state index contributed by atoms with van der Waals surface area (Å²) in [5.74, 6) is 0.709. The molecule has 2 aliphatic heterocycles. The third-order valence-corrected chi connectivity index (χ3v) is 6.28. The second kappa shape index (κ2) is 9.06. The molecule has 0 bridgehead atoms. The highest BCUT2D eigenvalue weighted by Crippen LogP contribution is 2.42. The molecule has 6 nitrogen and oxygen atoms in total. The quantitative estimate of drug-likeness (QED) is 0.743. The molecular formula is C24H28FN3O3. The third kappa shape index (κ3) is 4.56. The van der Waals surface area contributed by atoms with Crippen molar-refractivity contribution >= 4 is 11.8 Å². The van der Waals surface area contributed by atoms with Crippen LogP contribution >= 0.6 is 0 Å². The van der Waals surface area contributed by atoms with Crippen molar-refractivity contribution in [2.75, 3.05) is 7.05 Å². The highest BCUT2D eigenvalue weighted by molar-refractivity contribution is 5.90. The molecule has 0 aromatic heterocycles. The van der Waals surface area contributed by atoms with Gasteiger partial charge in [0.05, 0.1) is 12.1 Å². The number of carbonyl (C=O) groups is 2. The third-order valence-electron chi connectivity index (χ3n) is 6.28. The van der Waals surface area contributed by atoms with E-state index < -0.39 is 6.04 Å². The number of nitrogens with one attached hydrogen (secondary N) is 2. The van der Waals surface area contributed by atoms with Crippen LogP contribution in [0.5, 0.6) is 11.5 Å². The van der Waals surface area contributed by atoms with Crippen molar-refractivity contribution in [3.63, 3.8) is 0 Å². The lowest BCUT2D eigenvalue weighted by molar-refractivity contribution is -0.142. The van der Waals surface area contributed by atoms with Crippen LogP contribution in [0.25, 0.3) is 0 Å². The molecule has 0 radical (unpaired) electrons. The molecule has 7 heteroatoms. The van der Waals surface area contributed by atoms with Crippen molar-refractivity contribution in [2.45, 2.75) is 56.8 Å². The number of benzene rings is 2. The Labute approximate surface area is 181 Å². The van der Waals surface area contributed by atoms with Crippen LogP contribution in [0, 0.1) is 5.82 Å². The zero-order valence-electron chi connectivity index (χ0n) is 17.8. The molecule has 2 fully saturated rings. The molecule has 0 saturated carbocycles. The van der Waals surface area contributed by atoms with Crippen molar-refractivity contribution < 1.29 is 18.7 Å². The first-order valence-corrected chi connectivity index (χ1v) is 10.8. The highest BCUT2D eigenvalue weighted by atomic mass is 19.1. The van der Waals surface area contributed by atoms with Crippen LogP contribution in [0.2, 0.25) is 0 Å². The highest BCUT2D eigenvalue weighted by Gasteiger charge is 2.44. The molecule has 164 valence electrons. The summed E-state index contributed by atoms with van der Waals surface area (Å²) in [6, 6.07) is 12.9. The van der Waals surface area contributed by atoms with Gasteiger partial charge in [-0.3, -0.25) is 9.59 Å². The van der Waals surface area contributed by atoms with Gasteiger partial charge in [0.15, 0.2) is 0 Å². The minimum absolute atomic E-state index is 0.0136. The Morgan fingerprint density at radius 2 is 1.84 bits per heavy atom. The van der Waals surface area contributed by atoms with E-state index in [4.69, 9.17) is 4.74 Å². The van der Waals surface area contributed by atoms with Gasteiger partial charge < -0.3 is 20.3 Å². The summed E-state index contributed by atoms with van der Waals surface area (Å²) in [4.78, 5) is 27.5. The fraction of sp³-hybridized carbons (Fsp3) is 0.417. The van der Waals surface area contributed by atoms with E-state index in [-0.39, 0.29) is 35.8 Å². The van der Waals surface area contributed by atoms with Gasteiger partial charge in [-0.1, -0.05) is 12.1 Å². The number of halogens is 1. The van der Waals surface area contributed by atoms with Crippen LogP contribution in [0.3, 0.4) is 0 Å². The SMILES string of the molecule is CNC(C)C(=O)N[C@H]1CC[C@H]2CC[C@@H](c3cccc(Oc4ccc(F)cc4)c3)N2C1=O. The Bertz CT molecular complexity index is 949. The molecule has 1 unspecified atom stereocenters. The van der Waals surface area contributed by atoms with Gasteiger partial charge in [-0.25, -0.2) is 4.39 Å². The maximum atomic E-state index is 13.3. The van der Waals surface area contributed by atoms with Gasteiger partial charge in [-0.2, -0.15) is 0 Å². The summed E-state index contributed by atoms with van der Waals surface area (Å²) in [5, 5.41) is 5.81. The molecule has 4 rings (SSSR count). The standard InChI is InChI=1S/C24H28FN3O3/c1-15(26-2)23(29)27-21-12-8-18-9-13-22(28(18)24(21)30)16-4-3-5-20(14-16)31-19-10-6-17(25)7-11-19/h3-7,10-11,14-15,18,21-22,26H,8-9,12-13H2,1-2H3,(H,27,29)/t15?,18-,21-,22-/m0/s1. The second-order valence-electron chi connectivity index (χ2n) is 8.27. The Morgan fingerprint density at radius 3 is 2.58 bits per heavy atom. The fourth-order valence-electron chi connectivity index (χ4n) is 4.48. The molecule has 31 heavy (non-hydrogen) atoms. The summed E-state index contributed by atoms with van der Waals surface area (Å²) in [6.07, 6.45) is 3.38. The van der Waals surface area contributed by atoms with Crippen molar-refractivity contribution in [3.8, 4) is 11.5 Å². The number of hydrogen-bond donors (Lipinski definition) is 2. The molecular weight excluding hydrogens is 397 g/mol. The van der Waals surface area contributed by atoms with Gasteiger partial charge in [-0.15, -0.1) is 0 Å². The van der Waals surface area contributed by atoms with E-state index in [1.807, 2.05) is 29.2 Å². The van der Waals surface area contributed by atoms with Crippen molar-refractivity contribution in [1.29, 1.82) is 0 Å². The van der Waals surface area contributed by atoms with E-state index in [2.05, 4.69) is 10.6 Å². The maximum Gasteiger partial charge on any atom is 0.245 e. The average molecular weight is 426 g/mol. The van der Waals surface area contributed by atoms with Crippen molar-refractivity contribution in [2.24, 2.45) is 0 Å².